The quantitative estimate of drug-likeness (QED) is 0.168. The molecular weight excluding hydrogens is 791 g/mol. The summed E-state index contributed by atoms with van der Waals surface area (Å²) in [7, 11) is 0. The van der Waals surface area contributed by atoms with Crippen molar-refractivity contribution in [1.29, 1.82) is 0 Å². The normalized spacial score (nSPS) is 12.9. The van der Waals surface area contributed by atoms with Gasteiger partial charge in [0.15, 0.2) is 11.6 Å². The van der Waals surface area contributed by atoms with E-state index in [2.05, 4.69) is 217 Å². The maximum Gasteiger partial charge on any atom is 0.238 e. The van der Waals surface area contributed by atoms with Gasteiger partial charge in [-0.25, -0.2) is 4.98 Å². The Kier molecular flexibility index (Phi) is 8.18. The van der Waals surface area contributed by atoms with Crippen LogP contribution >= 0.6 is 0 Å². The van der Waals surface area contributed by atoms with Crippen molar-refractivity contribution in [2.45, 2.75) is 19.3 Å². The Labute approximate surface area is 376 Å². The van der Waals surface area contributed by atoms with E-state index in [9.17, 15) is 0 Å². The van der Waals surface area contributed by atoms with Crippen molar-refractivity contribution in [2.75, 3.05) is 0 Å². The summed E-state index contributed by atoms with van der Waals surface area (Å²) in [6, 6.07) is 76.0. The number of hydrogen-bond donors (Lipinski definition) is 0. The van der Waals surface area contributed by atoms with Gasteiger partial charge < -0.3 is 4.57 Å². The predicted octanol–water partition coefficient (Wildman–Crippen LogP) is 15.0. The van der Waals surface area contributed by atoms with Gasteiger partial charge in [-0.2, -0.15) is 9.97 Å². The topological polar surface area (TPSA) is 48.5 Å². The molecule has 0 bridgehead atoms. The summed E-state index contributed by atoms with van der Waals surface area (Å²) in [5.74, 6) is 1.85. The molecule has 5 heteroatoms. The Morgan fingerprint density at radius 3 is 1.48 bits per heavy atom. The van der Waals surface area contributed by atoms with Crippen LogP contribution in [0.4, 0.5) is 0 Å². The number of aromatic nitrogens is 5. The molecule has 65 heavy (non-hydrogen) atoms. The second-order valence-corrected chi connectivity index (χ2v) is 17.6. The third kappa shape index (κ3) is 5.68. The molecule has 306 valence electrons. The van der Waals surface area contributed by atoms with Gasteiger partial charge in [-0.15, -0.1) is 0 Å². The lowest BCUT2D eigenvalue weighted by molar-refractivity contribution is 0.661. The van der Waals surface area contributed by atoms with Gasteiger partial charge in [0.1, 0.15) is 0 Å². The highest BCUT2D eigenvalue weighted by Crippen LogP contribution is 2.52. The summed E-state index contributed by atoms with van der Waals surface area (Å²) >= 11 is 0. The van der Waals surface area contributed by atoms with Crippen LogP contribution in [-0.2, 0) is 5.41 Å². The molecule has 0 aliphatic heterocycles. The Morgan fingerprint density at radius 2 is 0.815 bits per heavy atom. The first kappa shape index (κ1) is 37.2. The summed E-state index contributed by atoms with van der Waals surface area (Å²) < 4.78 is 4.71. The average Bonchev–Trinajstić information content (AvgIpc) is 3.98. The number of benzene rings is 9. The van der Waals surface area contributed by atoms with E-state index in [1.54, 1.807) is 0 Å². The zero-order valence-electron chi connectivity index (χ0n) is 35.9. The van der Waals surface area contributed by atoms with Crippen LogP contribution in [0.3, 0.4) is 0 Å². The van der Waals surface area contributed by atoms with E-state index in [1.165, 1.54) is 49.9 Å². The number of para-hydroxylation sites is 2. The molecule has 1 aliphatic rings. The van der Waals surface area contributed by atoms with Gasteiger partial charge in [0.25, 0.3) is 0 Å². The monoisotopic (exact) mass is 831 g/mol. The first-order chi connectivity index (χ1) is 32.0. The molecule has 0 saturated carbocycles. The minimum atomic E-state index is -0.261. The standard InChI is InChI=1S/C60H41N5/c1-60(2)51-25-12-9-20-44(51)47-23-15-24-50(54(47)60)58-61-57(42-18-7-4-8-19-42)62-59(63-58)65-53-27-14-11-22-46(53)49-37-36-48-45-21-10-13-26-52(45)64(55(48)56(49)65)43-34-32-41(33-35-43)40-30-28-39(29-31-40)38-16-5-3-6-17-38/h3-37H,1-2H3. The molecule has 0 fully saturated rings. The fraction of sp³-hybridized carbons (Fsp3) is 0.0500. The zero-order valence-corrected chi connectivity index (χ0v) is 35.9. The van der Waals surface area contributed by atoms with Crippen molar-refractivity contribution < 1.29 is 0 Å². The average molecular weight is 832 g/mol. The number of nitrogens with zero attached hydrogens (tertiary/aromatic N) is 5. The lowest BCUT2D eigenvalue weighted by Crippen LogP contribution is -2.17. The number of hydrogen-bond acceptors (Lipinski definition) is 3. The van der Waals surface area contributed by atoms with E-state index in [1.807, 2.05) is 18.2 Å². The molecule has 3 aromatic heterocycles. The first-order valence-corrected chi connectivity index (χ1v) is 22.3. The summed E-state index contributed by atoms with van der Waals surface area (Å²) in [5.41, 5.74) is 16.9. The van der Waals surface area contributed by atoms with Crippen molar-refractivity contribution in [1.82, 2.24) is 24.1 Å². The molecule has 1 aliphatic carbocycles. The van der Waals surface area contributed by atoms with E-state index in [0.29, 0.717) is 17.6 Å². The predicted molar refractivity (Wildman–Crippen MR) is 268 cm³/mol. The lowest BCUT2D eigenvalue weighted by Gasteiger charge is -2.24. The van der Waals surface area contributed by atoms with Crippen LogP contribution in [0.15, 0.2) is 212 Å². The van der Waals surface area contributed by atoms with Crippen molar-refractivity contribution >= 4 is 43.6 Å². The SMILES string of the molecule is CC1(C)c2ccccc2-c2cccc(-c3nc(-c4ccccc4)nc(-n4c5ccccc5c5ccc6c7ccccc7n(-c7ccc(-c8ccc(-c9ccccc9)cc8)cc7)c6c54)n3)c21. The summed E-state index contributed by atoms with van der Waals surface area (Å²) in [6.45, 7) is 4.64. The molecule has 0 spiro atoms. The molecular formula is C60H41N5. The third-order valence-corrected chi connectivity index (χ3v) is 13.6. The van der Waals surface area contributed by atoms with Crippen molar-refractivity contribution in [2.24, 2.45) is 0 Å². The Balaban J connectivity index is 1.06. The summed E-state index contributed by atoms with van der Waals surface area (Å²) in [5, 5.41) is 4.61. The Morgan fingerprint density at radius 1 is 0.338 bits per heavy atom. The minimum absolute atomic E-state index is 0.261. The zero-order chi connectivity index (χ0) is 43.2. The molecule has 3 heterocycles. The molecule has 9 aromatic carbocycles. The van der Waals surface area contributed by atoms with Crippen molar-refractivity contribution in [3.05, 3.63) is 223 Å². The Hall–Kier alpha value is -8.41. The van der Waals surface area contributed by atoms with Crippen molar-refractivity contribution in [3.8, 4) is 67.8 Å². The molecule has 0 N–H and O–H groups in total. The first-order valence-electron chi connectivity index (χ1n) is 22.3. The summed E-state index contributed by atoms with van der Waals surface area (Å²) in [4.78, 5) is 16.3. The number of fused-ring (bicyclic) bond motifs is 10. The molecule has 12 aromatic rings. The van der Waals surface area contributed by atoms with Crippen LogP contribution in [0.5, 0.6) is 0 Å². The largest absolute Gasteiger partial charge is 0.307 e. The number of rotatable bonds is 6. The van der Waals surface area contributed by atoms with E-state index in [4.69, 9.17) is 15.0 Å². The molecule has 0 saturated heterocycles. The van der Waals surface area contributed by atoms with Crippen LogP contribution < -0.4 is 0 Å². The van der Waals surface area contributed by atoms with Crippen LogP contribution in [0.2, 0.25) is 0 Å². The molecule has 0 unspecified atom stereocenters. The van der Waals surface area contributed by atoms with Crippen molar-refractivity contribution in [3.63, 3.8) is 0 Å². The third-order valence-electron chi connectivity index (χ3n) is 13.6. The van der Waals surface area contributed by atoms with Crippen LogP contribution in [0, 0.1) is 0 Å². The van der Waals surface area contributed by atoms with Gasteiger partial charge in [-0.3, -0.25) is 4.57 Å². The van der Waals surface area contributed by atoms with Crippen LogP contribution in [0.25, 0.3) is 111 Å². The second-order valence-electron chi connectivity index (χ2n) is 17.6. The highest BCUT2D eigenvalue weighted by molar-refractivity contribution is 6.23. The van der Waals surface area contributed by atoms with E-state index in [-0.39, 0.29) is 5.41 Å². The fourth-order valence-corrected chi connectivity index (χ4v) is 10.6. The minimum Gasteiger partial charge on any atom is -0.307 e. The molecule has 0 radical (unpaired) electrons. The molecule has 5 nitrogen and oxygen atoms in total. The van der Waals surface area contributed by atoms with E-state index in [0.717, 1.165) is 55.0 Å². The molecule has 0 atom stereocenters. The van der Waals surface area contributed by atoms with Gasteiger partial charge in [-0.05, 0) is 68.8 Å². The summed E-state index contributed by atoms with van der Waals surface area (Å²) in [6.07, 6.45) is 0. The maximum absolute atomic E-state index is 5.54. The van der Waals surface area contributed by atoms with Crippen LogP contribution in [-0.4, -0.2) is 24.1 Å². The maximum atomic E-state index is 5.54. The van der Waals surface area contributed by atoms with Gasteiger partial charge in [0, 0.05) is 43.8 Å². The highest BCUT2D eigenvalue weighted by atomic mass is 15.2. The van der Waals surface area contributed by atoms with Gasteiger partial charge in [0.05, 0.1) is 22.1 Å². The Bertz CT molecular complexity index is 3820. The lowest BCUT2D eigenvalue weighted by atomic mass is 9.80. The van der Waals surface area contributed by atoms with Gasteiger partial charge >= 0.3 is 0 Å². The van der Waals surface area contributed by atoms with E-state index < -0.39 is 0 Å². The highest BCUT2D eigenvalue weighted by Gasteiger charge is 2.38. The fourth-order valence-electron chi connectivity index (χ4n) is 10.6. The smallest absolute Gasteiger partial charge is 0.238 e. The van der Waals surface area contributed by atoms with Gasteiger partial charge in [-0.1, -0.05) is 202 Å². The molecule has 13 rings (SSSR count). The van der Waals surface area contributed by atoms with Gasteiger partial charge in [0.2, 0.25) is 5.95 Å². The van der Waals surface area contributed by atoms with Crippen LogP contribution in [0.1, 0.15) is 25.0 Å². The van der Waals surface area contributed by atoms with E-state index >= 15 is 0 Å². The second kappa shape index (κ2) is 14.3. The molecule has 0 amide bonds.